The molecular weight excluding hydrogens is 378 g/mol. The fourth-order valence-electron chi connectivity index (χ4n) is 2.49. The van der Waals surface area contributed by atoms with Crippen LogP contribution in [-0.4, -0.2) is 22.6 Å². The van der Waals surface area contributed by atoms with Crippen LogP contribution in [0.3, 0.4) is 0 Å². The number of halogens is 4. The van der Waals surface area contributed by atoms with Crippen molar-refractivity contribution in [1.82, 2.24) is 15.5 Å². The van der Waals surface area contributed by atoms with E-state index in [2.05, 4.69) is 15.5 Å². The van der Waals surface area contributed by atoms with Crippen molar-refractivity contribution >= 4 is 5.91 Å². The normalized spacial score (nSPS) is 12.6. The molecule has 146 valence electrons. The van der Waals surface area contributed by atoms with Crippen molar-refractivity contribution in [2.75, 3.05) is 6.54 Å². The van der Waals surface area contributed by atoms with Crippen LogP contribution in [0.25, 0.3) is 11.4 Å². The lowest BCUT2D eigenvalue weighted by Crippen LogP contribution is -2.29. The second-order valence-corrected chi connectivity index (χ2v) is 6.10. The second-order valence-electron chi connectivity index (χ2n) is 6.10. The molecule has 0 fully saturated rings. The summed E-state index contributed by atoms with van der Waals surface area (Å²) < 4.78 is 57.5. The van der Waals surface area contributed by atoms with Gasteiger partial charge in [-0.1, -0.05) is 48.5 Å². The lowest BCUT2D eigenvalue weighted by atomic mass is 10.1. The molecule has 0 spiro atoms. The van der Waals surface area contributed by atoms with Gasteiger partial charge in [-0.3, -0.25) is 4.79 Å². The minimum atomic E-state index is -4.88. The molecule has 1 amide bonds. The third-order valence-electron chi connectivity index (χ3n) is 4.01. The van der Waals surface area contributed by atoms with Crippen LogP contribution in [0.4, 0.5) is 17.6 Å². The summed E-state index contributed by atoms with van der Waals surface area (Å²) in [7, 11) is 0. The van der Waals surface area contributed by atoms with Gasteiger partial charge in [0.1, 0.15) is 5.82 Å². The quantitative estimate of drug-likeness (QED) is 0.652. The Bertz CT molecular complexity index is 971. The highest BCUT2D eigenvalue weighted by molar-refractivity contribution is 5.94. The van der Waals surface area contributed by atoms with Crippen LogP contribution in [0.2, 0.25) is 0 Å². The predicted octanol–water partition coefficient (Wildman–Crippen LogP) is 4.43. The van der Waals surface area contributed by atoms with Crippen LogP contribution in [0.5, 0.6) is 0 Å². The maximum Gasteiger partial charge on any atom is 0.419 e. The fourth-order valence-corrected chi connectivity index (χ4v) is 2.49. The number of rotatable bonds is 5. The lowest BCUT2D eigenvalue weighted by molar-refractivity contribution is -0.140. The lowest BCUT2D eigenvalue weighted by Gasteiger charge is -2.12. The van der Waals surface area contributed by atoms with E-state index < -0.39 is 34.9 Å². The molecule has 1 unspecified atom stereocenters. The maximum absolute atomic E-state index is 14.0. The average Bonchev–Trinajstić information content (AvgIpc) is 3.16. The summed E-state index contributed by atoms with van der Waals surface area (Å²) in [6.07, 6.45) is -4.88. The number of nitrogens with one attached hydrogen (secondary N) is 1. The van der Waals surface area contributed by atoms with Gasteiger partial charge in [0, 0.05) is 12.1 Å². The molecular formula is C19H15F4N3O2. The summed E-state index contributed by atoms with van der Waals surface area (Å²) in [5.74, 6) is -2.38. The zero-order valence-corrected chi connectivity index (χ0v) is 14.6. The SMILES string of the molecule is CC(CNC(=O)c1cccc(C(F)(F)F)c1F)c1nc(-c2ccccc2)no1. The standard InChI is InChI=1S/C19H15F4N3O2/c1-11(18-25-16(26-28-18)12-6-3-2-4-7-12)10-24-17(27)13-8-5-9-14(15(13)20)19(21,22)23/h2-9,11H,10H2,1H3,(H,24,27). The summed E-state index contributed by atoms with van der Waals surface area (Å²) in [5, 5.41) is 6.25. The monoisotopic (exact) mass is 393 g/mol. The van der Waals surface area contributed by atoms with Gasteiger partial charge in [-0.15, -0.1) is 0 Å². The van der Waals surface area contributed by atoms with Crippen molar-refractivity contribution in [3.63, 3.8) is 0 Å². The summed E-state index contributed by atoms with van der Waals surface area (Å²) in [6, 6.07) is 11.6. The first-order chi connectivity index (χ1) is 13.3. The molecule has 1 atom stereocenters. The van der Waals surface area contributed by atoms with E-state index in [1.165, 1.54) is 0 Å². The van der Waals surface area contributed by atoms with Gasteiger partial charge in [0.2, 0.25) is 11.7 Å². The molecule has 0 saturated heterocycles. The van der Waals surface area contributed by atoms with E-state index in [9.17, 15) is 22.4 Å². The first-order valence-electron chi connectivity index (χ1n) is 8.30. The minimum absolute atomic E-state index is 0.0229. The summed E-state index contributed by atoms with van der Waals surface area (Å²) in [4.78, 5) is 16.4. The number of hydrogen-bond donors (Lipinski definition) is 1. The van der Waals surface area contributed by atoms with Crippen molar-refractivity contribution in [2.45, 2.75) is 19.0 Å². The van der Waals surface area contributed by atoms with Crippen molar-refractivity contribution in [1.29, 1.82) is 0 Å². The van der Waals surface area contributed by atoms with Crippen LogP contribution < -0.4 is 5.32 Å². The van der Waals surface area contributed by atoms with Gasteiger partial charge in [-0.05, 0) is 12.1 Å². The number of hydrogen-bond acceptors (Lipinski definition) is 4. The molecule has 0 bridgehead atoms. The number of aromatic nitrogens is 2. The molecule has 0 saturated carbocycles. The number of nitrogens with zero attached hydrogens (tertiary/aromatic N) is 2. The molecule has 2 aromatic carbocycles. The molecule has 0 aliphatic carbocycles. The molecule has 1 heterocycles. The Morgan fingerprint density at radius 3 is 2.54 bits per heavy atom. The zero-order chi connectivity index (χ0) is 20.3. The molecule has 9 heteroatoms. The Balaban J connectivity index is 1.68. The molecule has 3 rings (SSSR count). The van der Waals surface area contributed by atoms with E-state index in [1.807, 2.05) is 18.2 Å². The average molecular weight is 393 g/mol. The Labute approximate surface area is 157 Å². The van der Waals surface area contributed by atoms with Gasteiger partial charge in [0.05, 0.1) is 17.0 Å². The number of alkyl halides is 3. The Hall–Kier alpha value is -3.23. The largest absolute Gasteiger partial charge is 0.419 e. The van der Waals surface area contributed by atoms with E-state index in [0.717, 1.165) is 17.7 Å². The minimum Gasteiger partial charge on any atom is -0.351 e. The Morgan fingerprint density at radius 1 is 1.14 bits per heavy atom. The number of carbonyl (C=O) groups is 1. The highest BCUT2D eigenvalue weighted by atomic mass is 19.4. The van der Waals surface area contributed by atoms with Gasteiger partial charge in [-0.2, -0.15) is 18.2 Å². The van der Waals surface area contributed by atoms with Crippen LogP contribution >= 0.6 is 0 Å². The first kappa shape index (κ1) is 19.5. The van der Waals surface area contributed by atoms with Crippen molar-refractivity contribution in [2.24, 2.45) is 0 Å². The van der Waals surface area contributed by atoms with Crippen LogP contribution in [0, 0.1) is 5.82 Å². The predicted molar refractivity (Wildman–Crippen MR) is 91.9 cm³/mol. The first-order valence-corrected chi connectivity index (χ1v) is 8.30. The molecule has 0 aliphatic rings. The van der Waals surface area contributed by atoms with E-state index in [-0.39, 0.29) is 12.4 Å². The van der Waals surface area contributed by atoms with Crippen LogP contribution in [-0.2, 0) is 6.18 Å². The van der Waals surface area contributed by atoms with Gasteiger partial charge < -0.3 is 9.84 Å². The fraction of sp³-hybridized carbons (Fsp3) is 0.211. The number of benzene rings is 2. The molecule has 0 aliphatic heterocycles. The summed E-state index contributed by atoms with van der Waals surface area (Å²) >= 11 is 0. The van der Waals surface area contributed by atoms with Gasteiger partial charge in [0.15, 0.2) is 0 Å². The van der Waals surface area contributed by atoms with E-state index in [0.29, 0.717) is 11.9 Å². The molecule has 3 aromatic rings. The van der Waals surface area contributed by atoms with E-state index >= 15 is 0 Å². The molecule has 5 nitrogen and oxygen atoms in total. The maximum atomic E-state index is 14.0. The highest BCUT2D eigenvalue weighted by Gasteiger charge is 2.35. The Kier molecular flexibility index (Phi) is 5.43. The third kappa shape index (κ3) is 4.19. The topological polar surface area (TPSA) is 68.0 Å². The molecule has 1 aromatic heterocycles. The smallest absolute Gasteiger partial charge is 0.351 e. The third-order valence-corrected chi connectivity index (χ3v) is 4.01. The van der Waals surface area contributed by atoms with Gasteiger partial charge in [0.25, 0.3) is 5.91 Å². The summed E-state index contributed by atoms with van der Waals surface area (Å²) in [5.41, 5.74) is -1.42. The van der Waals surface area contributed by atoms with Gasteiger partial charge in [-0.25, -0.2) is 4.39 Å². The van der Waals surface area contributed by atoms with Crippen molar-refractivity contribution in [3.05, 3.63) is 71.4 Å². The number of carbonyl (C=O) groups excluding carboxylic acids is 1. The van der Waals surface area contributed by atoms with Crippen molar-refractivity contribution < 1.29 is 26.9 Å². The van der Waals surface area contributed by atoms with E-state index in [1.54, 1.807) is 19.1 Å². The molecule has 1 N–H and O–H groups in total. The van der Waals surface area contributed by atoms with Crippen LogP contribution in [0.1, 0.15) is 34.7 Å². The van der Waals surface area contributed by atoms with E-state index in [4.69, 9.17) is 4.52 Å². The molecule has 28 heavy (non-hydrogen) atoms. The van der Waals surface area contributed by atoms with Gasteiger partial charge >= 0.3 is 6.18 Å². The second kappa shape index (κ2) is 7.79. The van der Waals surface area contributed by atoms with Crippen LogP contribution in [0.15, 0.2) is 53.1 Å². The highest BCUT2D eigenvalue weighted by Crippen LogP contribution is 2.32. The summed E-state index contributed by atoms with van der Waals surface area (Å²) in [6.45, 7) is 1.66. The Morgan fingerprint density at radius 2 is 1.86 bits per heavy atom. The zero-order valence-electron chi connectivity index (χ0n) is 14.6. The number of amides is 1. The van der Waals surface area contributed by atoms with Crippen molar-refractivity contribution in [3.8, 4) is 11.4 Å². The molecule has 0 radical (unpaired) electrons.